The molecule has 0 heterocycles. The largest absolute Gasteiger partial charge is 0.756 e. The van der Waals surface area contributed by atoms with Gasteiger partial charge in [0.1, 0.15) is 19.3 Å². The second-order valence-corrected chi connectivity index (χ2v) is 25.9. The van der Waals surface area contributed by atoms with Crippen molar-refractivity contribution in [2.24, 2.45) is 0 Å². The number of hydrogen-bond acceptors (Lipinski definition) is 7. The third-order valence-corrected chi connectivity index (χ3v) is 16.1. The summed E-state index contributed by atoms with van der Waals surface area (Å²) in [4.78, 5) is 40.1. The molecule has 10 heteroatoms. The fourth-order valence-corrected chi connectivity index (χ4v) is 10.6. The predicted octanol–water partition coefficient (Wildman–Crippen LogP) is 21.3. The Bertz CT molecular complexity index is 1740. The Morgan fingerprint density at radius 2 is 0.783 bits per heavy atom. The molecule has 83 heavy (non-hydrogen) atoms. The van der Waals surface area contributed by atoms with Crippen molar-refractivity contribution in [2.75, 3.05) is 40.9 Å². The van der Waals surface area contributed by atoms with Crippen LogP contribution in [0.15, 0.2) is 97.2 Å². The first-order valence-electron chi connectivity index (χ1n) is 34.6. The van der Waals surface area contributed by atoms with Crippen LogP contribution in [0.2, 0.25) is 0 Å². The molecule has 0 aliphatic carbocycles. The molecule has 0 spiro atoms. The molecule has 3 atom stereocenters. The Morgan fingerprint density at radius 1 is 0.434 bits per heavy atom. The van der Waals surface area contributed by atoms with Crippen LogP contribution in [0.25, 0.3) is 0 Å². The number of likely N-dealkylation sites (N-methyl/N-ethyl adjacent to an activating group) is 1. The van der Waals surface area contributed by atoms with Gasteiger partial charge < -0.3 is 28.5 Å². The molecule has 480 valence electrons. The van der Waals surface area contributed by atoms with Crippen molar-refractivity contribution in [1.82, 2.24) is 5.32 Å². The van der Waals surface area contributed by atoms with E-state index >= 15 is 0 Å². The summed E-state index contributed by atoms with van der Waals surface area (Å²) in [7, 11) is 1.15. The Kier molecular flexibility index (Phi) is 59.7. The second kappa shape index (κ2) is 62.0. The average Bonchev–Trinajstić information content (AvgIpc) is 3.47. The minimum absolute atomic E-state index is 0.0331. The lowest BCUT2D eigenvalue weighted by molar-refractivity contribution is -0.870. The number of nitrogens with zero attached hydrogens (tertiary/aromatic N) is 1. The number of carbonyl (C=O) groups excluding carboxylic acids is 2. The molecule has 0 bridgehead atoms. The van der Waals surface area contributed by atoms with E-state index in [1.54, 1.807) is 0 Å². The lowest BCUT2D eigenvalue weighted by Gasteiger charge is -2.30. The number of hydrogen-bond donors (Lipinski definition) is 1. The molecule has 0 aromatic heterocycles. The number of phosphoric ester groups is 1. The molecule has 0 radical (unpaired) electrons. The zero-order valence-corrected chi connectivity index (χ0v) is 55.8. The zero-order chi connectivity index (χ0) is 60.7. The number of rotatable bonds is 62. The summed E-state index contributed by atoms with van der Waals surface area (Å²) in [6, 6.07) is -0.912. The van der Waals surface area contributed by atoms with Crippen molar-refractivity contribution >= 4 is 19.7 Å². The van der Waals surface area contributed by atoms with Gasteiger partial charge in [-0.15, -0.1) is 0 Å². The van der Waals surface area contributed by atoms with Gasteiger partial charge in [0.25, 0.3) is 7.82 Å². The van der Waals surface area contributed by atoms with Gasteiger partial charge in [0.15, 0.2) is 0 Å². The molecule has 0 saturated carbocycles. The van der Waals surface area contributed by atoms with Gasteiger partial charge in [0, 0.05) is 12.8 Å². The van der Waals surface area contributed by atoms with Crippen LogP contribution < -0.4 is 10.2 Å². The smallest absolute Gasteiger partial charge is 0.306 e. The summed E-state index contributed by atoms with van der Waals surface area (Å²) >= 11 is 0. The van der Waals surface area contributed by atoms with Gasteiger partial charge in [-0.2, -0.15) is 0 Å². The van der Waals surface area contributed by atoms with E-state index in [-0.39, 0.29) is 24.9 Å². The van der Waals surface area contributed by atoms with Crippen molar-refractivity contribution < 1.29 is 37.3 Å². The van der Waals surface area contributed by atoms with Gasteiger partial charge in [-0.3, -0.25) is 14.2 Å². The minimum atomic E-state index is -4.72. The summed E-state index contributed by atoms with van der Waals surface area (Å²) in [5, 5.41) is 3.03. The number of unbranched alkanes of at least 4 members (excludes halogenated alkanes) is 37. The van der Waals surface area contributed by atoms with E-state index in [1.807, 2.05) is 94.1 Å². The Labute approximate surface area is 513 Å². The topological polar surface area (TPSA) is 114 Å². The van der Waals surface area contributed by atoms with Crippen LogP contribution in [0.1, 0.15) is 303 Å². The number of amides is 1. The summed E-state index contributed by atoms with van der Waals surface area (Å²) in [5.74, 6) is -0.587. The van der Waals surface area contributed by atoms with Gasteiger partial charge in [0.05, 0.1) is 33.8 Å². The normalized spacial score (nSPS) is 14.2. The van der Waals surface area contributed by atoms with E-state index in [2.05, 4.69) is 50.4 Å². The van der Waals surface area contributed by atoms with E-state index in [9.17, 15) is 19.0 Å². The SMILES string of the molecule is CC\C=C/C=C/C=C/C=C\C=C\C=C\CCCCCC(=O)OC(/C=C\CCCCCCCCCCCCC)C(COP(=O)([O-])OCC[N+](C)(C)C)NC(=O)CCCCCCCCCCCCCCCCCCC/C=C/CCCCCCCC. The van der Waals surface area contributed by atoms with Gasteiger partial charge >= 0.3 is 5.97 Å². The first-order chi connectivity index (χ1) is 40.4. The molecule has 0 rings (SSSR count). The number of esters is 1. The molecule has 0 aliphatic heterocycles. The van der Waals surface area contributed by atoms with Gasteiger partial charge in [-0.05, 0) is 76.7 Å². The van der Waals surface area contributed by atoms with Crippen LogP contribution in [0.4, 0.5) is 0 Å². The highest BCUT2D eigenvalue weighted by molar-refractivity contribution is 7.45. The van der Waals surface area contributed by atoms with Crippen molar-refractivity contribution in [2.45, 2.75) is 315 Å². The fourth-order valence-electron chi connectivity index (χ4n) is 9.84. The van der Waals surface area contributed by atoms with Crippen LogP contribution in [-0.2, 0) is 27.9 Å². The van der Waals surface area contributed by atoms with Crippen molar-refractivity contribution in [3.05, 3.63) is 97.2 Å². The van der Waals surface area contributed by atoms with Crippen LogP contribution >= 0.6 is 7.82 Å². The molecule has 0 aliphatic rings. The Hall–Kier alpha value is -3.07. The second-order valence-electron chi connectivity index (χ2n) is 24.5. The van der Waals surface area contributed by atoms with Gasteiger partial charge in [-0.25, -0.2) is 0 Å². The first-order valence-corrected chi connectivity index (χ1v) is 36.1. The molecule has 9 nitrogen and oxygen atoms in total. The Morgan fingerprint density at radius 3 is 1.20 bits per heavy atom. The van der Waals surface area contributed by atoms with Crippen LogP contribution in [-0.4, -0.2) is 69.4 Å². The van der Waals surface area contributed by atoms with Crippen LogP contribution in [0, 0.1) is 0 Å². The van der Waals surface area contributed by atoms with Crippen molar-refractivity contribution in [1.29, 1.82) is 0 Å². The molecule has 0 aromatic rings. The molecule has 1 N–H and O–H groups in total. The molecule has 0 fully saturated rings. The molecular formula is C73H131N2O7P. The van der Waals surface area contributed by atoms with Crippen LogP contribution in [0.5, 0.6) is 0 Å². The average molecular weight is 1180 g/mol. The maximum absolute atomic E-state index is 13.6. The summed E-state index contributed by atoms with van der Waals surface area (Å²) < 4.78 is 30.4. The number of nitrogens with one attached hydrogen (secondary N) is 1. The molecule has 1 amide bonds. The lowest BCUT2D eigenvalue weighted by Crippen LogP contribution is -2.47. The van der Waals surface area contributed by atoms with Crippen molar-refractivity contribution in [3.63, 3.8) is 0 Å². The minimum Gasteiger partial charge on any atom is -0.756 e. The highest BCUT2D eigenvalue weighted by Crippen LogP contribution is 2.38. The van der Waals surface area contributed by atoms with E-state index in [4.69, 9.17) is 13.8 Å². The number of allylic oxidation sites excluding steroid dienone is 15. The van der Waals surface area contributed by atoms with E-state index in [0.29, 0.717) is 23.9 Å². The first kappa shape index (κ1) is 79.9. The van der Waals surface area contributed by atoms with Crippen molar-refractivity contribution in [3.8, 4) is 0 Å². The summed E-state index contributed by atoms with van der Waals surface area (Å²) in [6.07, 6.45) is 83.9. The molecule has 3 unspecified atom stereocenters. The summed E-state index contributed by atoms with van der Waals surface area (Å²) in [6.45, 7) is 6.69. The number of ether oxygens (including phenoxy) is 1. The van der Waals surface area contributed by atoms with E-state index < -0.39 is 26.6 Å². The fraction of sp³-hybridized carbons (Fsp3) is 0.753. The van der Waals surface area contributed by atoms with E-state index in [0.717, 1.165) is 64.2 Å². The Balaban J connectivity index is 5.11. The maximum Gasteiger partial charge on any atom is 0.306 e. The molecular weight excluding hydrogens is 1050 g/mol. The number of carbonyl (C=O) groups is 2. The highest BCUT2D eigenvalue weighted by atomic mass is 31.2. The van der Waals surface area contributed by atoms with E-state index in [1.165, 1.54) is 199 Å². The number of quaternary nitrogens is 1. The molecule has 0 saturated heterocycles. The standard InChI is InChI=1S/C73H131N2O7P/c1-7-10-13-16-19-22-25-28-30-32-33-34-35-36-37-38-39-40-41-43-44-47-50-53-56-59-62-65-72(76)74-70(69-81-83(78,79)80-68-67-75(4,5)6)71(64-61-58-55-52-49-46-27-24-21-18-15-12-9-3)82-73(77)66-63-60-57-54-51-48-45-42-31-29-26-23-20-17-14-11-8-2/h11,14,17,20,23,26,28-31,42,45,48,51,61,64,70-71H,7-10,12-13,15-16,18-19,21-22,24-25,27,32-41,43-44,46-47,49-50,52-60,62-63,65-69H2,1-6H3,(H-,74,76,78,79)/b14-11-,20-17+,26-23+,30-28+,31-29-,45-42+,51-48+,64-61-. The predicted molar refractivity (Wildman–Crippen MR) is 358 cm³/mol. The third-order valence-electron chi connectivity index (χ3n) is 15.2. The monoisotopic (exact) mass is 1180 g/mol. The highest BCUT2D eigenvalue weighted by Gasteiger charge is 2.27. The van der Waals surface area contributed by atoms with Gasteiger partial charge in [-0.1, -0.05) is 311 Å². The number of phosphoric acid groups is 1. The maximum atomic E-state index is 13.6. The molecule has 0 aromatic carbocycles. The zero-order valence-electron chi connectivity index (χ0n) is 54.9. The van der Waals surface area contributed by atoms with Crippen LogP contribution in [0.3, 0.4) is 0 Å². The third kappa shape index (κ3) is 63.3. The van der Waals surface area contributed by atoms with Gasteiger partial charge in [0.2, 0.25) is 5.91 Å². The summed E-state index contributed by atoms with van der Waals surface area (Å²) in [5.41, 5.74) is 0. The lowest BCUT2D eigenvalue weighted by atomic mass is 10.0. The quantitative estimate of drug-likeness (QED) is 0.0161.